The third kappa shape index (κ3) is 2.81. The summed E-state index contributed by atoms with van der Waals surface area (Å²) in [6.07, 6.45) is 0. The molecule has 1 aliphatic rings. The number of fused-ring (bicyclic) bond motifs is 1. The van der Waals surface area contributed by atoms with Crippen LogP contribution in [0.2, 0.25) is 0 Å². The fourth-order valence-electron chi connectivity index (χ4n) is 2.02. The van der Waals surface area contributed by atoms with E-state index < -0.39 is 0 Å². The molecule has 5 nitrogen and oxygen atoms in total. The molecule has 1 aromatic rings. The van der Waals surface area contributed by atoms with Gasteiger partial charge in [0.1, 0.15) is 5.88 Å². The molecule has 0 bridgehead atoms. The van der Waals surface area contributed by atoms with Crippen LogP contribution in [-0.2, 0) is 11.3 Å². The van der Waals surface area contributed by atoms with Gasteiger partial charge in [0, 0.05) is 12.6 Å². The Balaban J connectivity index is 2.31. The van der Waals surface area contributed by atoms with Crippen LogP contribution >= 0.6 is 11.6 Å². The summed E-state index contributed by atoms with van der Waals surface area (Å²) in [5.41, 5.74) is 2.21. The number of rotatable bonds is 3. The predicted octanol–water partition coefficient (Wildman–Crippen LogP) is 2.62. The minimum Gasteiger partial charge on any atom is -0.323 e. The zero-order valence-electron chi connectivity index (χ0n) is 10.9. The Labute approximate surface area is 116 Å². The Bertz CT molecular complexity index is 517. The van der Waals surface area contributed by atoms with Crippen molar-refractivity contribution in [2.75, 3.05) is 16.5 Å². The van der Waals surface area contributed by atoms with E-state index in [0.717, 1.165) is 5.56 Å². The van der Waals surface area contributed by atoms with Gasteiger partial charge in [-0.3, -0.25) is 4.79 Å². The van der Waals surface area contributed by atoms with Crippen LogP contribution in [0.1, 0.15) is 19.4 Å². The summed E-state index contributed by atoms with van der Waals surface area (Å²) in [6, 6.07) is 5.48. The topological polar surface area (TPSA) is 61.4 Å². The Kier molecular flexibility index (Phi) is 3.95. The second kappa shape index (κ2) is 5.48. The number of nitrogens with zero attached hydrogens (tertiary/aromatic N) is 1. The van der Waals surface area contributed by atoms with Gasteiger partial charge in [0.05, 0.1) is 11.4 Å². The van der Waals surface area contributed by atoms with E-state index in [9.17, 15) is 9.59 Å². The van der Waals surface area contributed by atoms with Crippen LogP contribution in [0.5, 0.6) is 0 Å². The van der Waals surface area contributed by atoms with Crippen molar-refractivity contribution in [3.05, 3.63) is 23.8 Å². The molecule has 1 aromatic carbocycles. The molecule has 0 fully saturated rings. The van der Waals surface area contributed by atoms with Crippen LogP contribution < -0.4 is 10.6 Å². The molecule has 0 aliphatic carbocycles. The number of benzene rings is 1. The number of carbonyl (C=O) groups is 2. The SMILES string of the molecule is CC(C)N1Cc2cccc(NC(=O)CCl)c2NC1=O. The van der Waals surface area contributed by atoms with Gasteiger partial charge in [0.25, 0.3) is 0 Å². The van der Waals surface area contributed by atoms with Gasteiger partial charge in [-0.25, -0.2) is 4.79 Å². The molecule has 1 heterocycles. The zero-order valence-corrected chi connectivity index (χ0v) is 11.6. The van der Waals surface area contributed by atoms with Crippen LogP contribution in [0, 0.1) is 0 Å². The first kappa shape index (κ1) is 13.7. The van der Waals surface area contributed by atoms with E-state index in [0.29, 0.717) is 17.9 Å². The van der Waals surface area contributed by atoms with Gasteiger partial charge in [-0.05, 0) is 25.5 Å². The molecule has 0 unspecified atom stereocenters. The van der Waals surface area contributed by atoms with Gasteiger partial charge >= 0.3 is 6.03 Å². The summed E-state index contributed by atoms with van der Waals surface area (Å²) in [5, 5.41) is 5.50. The highest BCUT2D eigenvalue weighted by Crippen LogP contribution is 2.31. The maximum atomic E-state index is 12.0. The predicted molar refractivity (Wildman–Crippen MR) is 75.5 cm³/mol. The Morgan fingerprint density at radius 1 is 1.53 bits per heavy atom. The monoisotopic (exact) mass is 281 g/mol. The lowest BCUT2D eigenvalue weighted by Gasteiger charge is -2.33. The zero-order chi connectivity index (χ0) is 14.0. The Hall–Kier alpha value is -1.75. The highest BCUT2D eigenvalue weighted by atomic mass is 35.5. The van der Waals surface area contributed by atoms with Crippen molar-refractivity contribution < 1.29 is 9.59 Å². The molecular weight excluding hydrogens is 266 g/mol. The summed E-state index contributed by atoms with van der Waals surface area (Å²) >= 11 is 5.47. The lowest BCUT2D eigenvalue weighted by molar-refractivity contribution is -0.113. The van der Waals surface area contributed by atoms with E-state index in [4.69, 9.17) is 11.6 Å². The number of halogens is 1. The van der Waals surface area contributed by atoms with E-state index >= 15 is 0 Å². The first-order valence-electron chi connectivity index (χ1n) is 6.08. The van der Waals surface area contributed by atoms with E-state index in [1.165, 1.54) is 0 Å². The number of carbonyl (C=O) groups excluding carboxylic acids is 2. The summed E-state index contributed by atoms with van der Waals surface area (Å²) in [4.78, 5) is 25.1. The van der Waals surface area contributed by atoms with Crippen LogP contribution in [0.25, 0.3) is 0 Å². The number of amides is 3. The molecule has 0 atom stereocenters. The van der Waals surface area contributed by atoms with Gasteiger partial charge in [-0.2, -0.15) is 0 Å². The first-order chi connectivity index (χ1) is 9.02. The smallest absolute Gasteiger partial charge is 0.322 e. The van der Waals surface area contributed by atoms with Crippen molar-refractivity contribution in [3.8, 4) is 0 Å². The molecule has 0 saturated heterocycles. The highest BCUT2D eigenvalue weighted by molar-refractivity contribution is 6.29. The quantitative estimate of drug-likeness (QED) is 0.837. The lowest BCUT2D eigenvalue weighted by Crippen LogP contribution is -2.43. The normalized spacial score (nSPS) is 14.1. The van der Waals surface area contributed by atoms with Gasteiger partial charge in [0.15, 0.2) is 0 Å². The molecule has 6 heteroatoms. The number of hydrogen-bond donors (Lipinski definition) is 2. The molecule has 0 aromatic heterocycles. The average Bonchev–Trinajstić information content (AvgIpc) is 2.38. The number of hydrogen-bond acceptors (Lipinski definition) is 2. The number of para-hydroxylation sites is 1. The van der Waals surface area contributed by atoms with Crippen molar-refractivity contribution in [2.24, 2.45) is 0 Å². The summed E-state index contributed by atoms with van der Waals surface area (Å²) in [7, 11) is 0. The van der Waals surface area contributed by atoms with Gasteiger partial charge < -0.3 is 15.5 Å². The molecule has 1 aliphatic heterocycles. The average molecular weight is 282 g/mol. The van der Waals surface area contributed by atoms with Crippen LogP contribution in [0.4, 0.5) is 16.2 Å². The van der Waals surface area contributed by atoms with E-state index in [-0.39, 0.29) is 23.9 Å². The fraction of sp³-hybridized carbons (Fsp3) is 0.385. The molecule has 102 valence electrons. The fourth-order valence-corrected chi connectivity index (χ4v) is 2.09. The van der Waals surface area contributed by atoms with Crippen molar-refractivity contribution in [1.29, 1.82) is 0 Å². The van der Waals surface area contributed by atoms with Gasteiger partial charge in [0.2, 0.25) is 5.91 Å². The minimum atomic E-state index is -0.296. The maximum absolute atomic E-state index is 12.0. The number of nitrogens with one attached hydrogen (secondary N) is 2. The molecule has 0 saturated carbocycles. The molecule has 2 rings (SSSR count). The molecule has 3 amide bonds. The van der Waals surface area contributed by atoms with Crippen LogP contribution in [0.15, 0.2) is 18.2 Å². The van der Waals surface area contributed by atoms with Crippen LogP contribution in [-0.4, -0.2) is 28.8 Å². The van der Waals surface area contributed by atoms with Crippen molar-refractivity contribution in [1.82, 2.24) is 4.90 Å². The molecule has 2 N–H and O–H groups in total. The molecule has 0 radical (unpaired) electrons. The van der Waals surface area contributed by atoms with Crippen molar-refractivity contribution in [2.45, 2.75) is 26.4 Å². The number of anilines is 2. The maximum Gasteiger partial charge on any atom is 0.322 e. The second-order valence-electron chi connectivity index (χ2n) is 4.67. The van der Waals surface area contributed by atoms with E-state index in [2.05, 4.69) is 10.6 Å². The lowest BCUT2D eigenvalue weighted by atomic mass is 10.1. The largest absolute Gasteiger partial charge is 0.323 e. The first-order valence-corrected chi connectivity index (χ1v) is 6.61. The highest BCUT2D eigenvalue weighted by Gasteiger charge is 2.26. The Morgan fingerprint density at radius 3 is 2.89 bits per heavy atom. The summed E-state index contributed by atoms with van der Waals surface area (Å²) < 4.78 is 0. The van der Waals surface area contributed by atoms with Crippen molar-refractivity contribution >= 4 is 34.9 Å². The standard InChI is InChI=1S/C13H16ClN3O2/c1-8(2)17-7-9-4-3-5-10(15-11(18)6-14)12(9)16-13(17)19/h3-5,8H,6-7H2,1-2H3,(H,15,18)(H,16,19). The van der Waals surface area contributed by atoms with Crippen molar-refractivity contribution in [3.63, 3.8) is 0 Å². The summed E-state index contributed by atoms with van der Waals surface area (Å²) in [6.45, 7) is 4.46. The van der Waals surface area contributed by atoms with E-state index in [1.807, 2.05) is 26.0 Å². The molecule has 19 heavy (non-hydrogen) atoms. The third-order valence-electron chi connectivity index (χ3n) is 3.00. The molecular formula is C13H16ClN3O2. The van der Waals surface area contributed by atoms with E-state index in [1.54, 1.807) is 11.0 Å². The summed E-state index contributed by atoms with van der Waals surface area (Å²) in [5.74, 6) is -0.411. The van der Waals surface area contributed by atoms with Crippen LogP contribution in [0.3, 0.4) is 0 Å². The van der Waals surface area contributed by atoms with Gasteiger partial charge in [-0.15, -0.1) is 11.6 Å². The second-order valence-corrected chi connectivity index (χ2v) is 4.94. The minimum absolute atomic E-state index is 0.115. The van der Waals surface area contributed by atoms with Gasteiger partial charge in [-0.1, -0.05) is 12.1 Å². The molecule has 0 spiro atoms. The number of urea groups is 1. The number of alkyl halides is 1. The Morgan fingerprint density at radius 2 is 2.26 bits per heavy atom. The third-order valence-corrected chi connectivity index (χ3v) is 3.25.